The van der Waals surface area contributed by atoms with E-state index >= 15 is 0 Å². The molecule has 144 valence electrons. The van der Waals surface area contributed by atoms with Crippen LogP contribution in [-0.2, 0) is 9.31 Å². The van der Waals surface area contributed by atoms with E-state index in [0.717, 1.165) is 23.3 Å². The zero-order valence-electron chi connectivity index (χ0n) is 17.3. The maximum absolute atomic E-state index is 6.19. The molecule has 1 saturated heterocycles. The van der Waals surface area contributed by atoms with E-state index in [4.69, 9.17) is 14.0 Å². The van der Waals surface area contributed by atoms with Gasteiger partial charge < -0.3 is 24.3 Å². The molecule has 0 bridgehead atoms. The Balaban J connectivity index is 2.09. The molecule has 1 aromatic rings. The van der Waals surface area contributed by atoms with Crippen molar-refractivity contribution in [2.45, 2.75) is 38.9 Å². The number of ether oxygens (including phenoxy) is 1. The van der Waals surface area contributed by atoms with Crippen molar-refractivity contribution < 1.29 is 14.0 Å². The molecule has 1 N–H and O–H groups in total. The first kappa shape index (κ1) is 21.0. The summed E-state index contributed by atoms with van der Waals surface area (Å²) >= 11 is 0. The Labute approximate surface area is 158 Å². The largest absolute Gasteiger partial charge is 0.492 e. The Bertz CT molecular complexity index is 596. The first-order valence-corrected chi connectivity index (χ1v) is 9.23. The van der Waals surface area contributed by atoms with Gasteiger partial charge in [-0.05, 0) is 72.0 Å². The van der Waals surface area contributed by atoms with E-state index in [9.17, 15) is 0 Å². The minimum absolute atomic E-state index is 0.339. The van der Waals surface area contributed by atoms with Gasteiger partial charge >= 0.3 is 7.12 Å². The highest BCUT2D eigenvalue weighted by molar-refractivity contribution is 6.55. The third-order valence-corrected chi connectivity index (χ3v) is 4.98. The quantitative estimate of drug-likeness (QED) is 0.723. The van der Waals surface area contributed by atoms with Crippen LogP contribution < -0.4 is 10.1 Å². The molecular weight excluding hydrogens is 327 g/mol. The summed E-state index contributed by atoms with van der Waals surface area (Å²) in [6.07, 6.45) is 2.13. The fourth-order valence-electron chi connectivity index (χ4n) is 2.62. The standard InChI is InChI=1S/C20H33BN2O3/c1-19(2)20(3,4)26-21(25-19)17(15-22-5)14-16-8-10-18(11-9-16)24-13-12-23(6)7/h8-11,14,22H,12-13,15H2,1-7H3. The number of nitrogens with one attached hydrogen (secondary N) is 1. The van der Waals surface area contributed by atoms with Gasteiger partial charge in [0.1, 0.15) is 12.4 Å². The van der Waals surface area contributed by atoms with Crippen LogP contribution in [0, 0.1) is 0 Å². The number of rotatable bonds is 8. The lowest BCUT2D eigenvalue weighted by Crippen LogP contribution is -2.41. The van der Waals surface area contributed by atoms with Gasteiger partial charge in [-0.2, -0.15) is 0 Å². The lowest BCUT2D eigenvalue weighted by molar-refractivity contribution is 0.00578. The third kappa shape index (κ3) is 5.33. The molecule has 0 aromatic heterocycles. The van der Waals surface area contributed by atoms with E-state index in [2.05, 4.69) is 56.1 Å². The molecule has 0 radical (unpaired) electrons. The molecule has 0 amide bonds. The van der Waals surface area contributed by atoms with Gasteiger partial charge in [0.2, 0.25) is 0 Å². The van der Waals surface area contributed by atoms with Crippen molar-refractivity contribution in [3.8, 4) is 5.75 Å². The first-order valence-electron chi connectivity index (χ1n) is 9.23. The summed E-state index contributed by atoms with van der Waals surface area (Å²) in [5.41, 5.74) is 1.50. The van der Waals surface area contributed by atoms with Crippen molar-refractivity contribution in [1.29, 1.82) is 0 Å². The Hall–Kier alpha value is -1.34. The SMILES string of the molecule is CNCC(=Cc1ccc(OCCN(C)C)cc1)B1OC(C)(C)C(C)(C)O1. The fraction of sp³-hybridized carbons (Fsp3) is 0.600. The highest BCUT2D eigenvalue weighted by Crippen LogP contribution is 2.38. The average molecular weight is 360 g/mol. The van der Waals surface area contributed by atoms with Crippen LogP contribution >= 0.6 is 0 Å². The predicted molar refractivity (Wildman–Crippen MR) is 108 cm³/mol. The Kier molecular flexibility index (Phi) is 6.91. The van der Waals surface area contributed by atoms with Crippen molar-refractivity contribution in [3.63, 3.8) is 0 Å². The van der Waals surface area contributed by atoms with E-state index in [-0.39, 0.29) is 18.3 Å². The fourth-order valence-corrected chi connectivity index (χ4v) is 2.62. The summed E-state index contributed by atoms with van der Waals surface area (Å²) in [6, 6.07) is 8.13. The second-order valence-electron chi connectivity index (χ2n) is 8.06. The lowest BCUT2D eigenvalue weighted by atomic mass is 9.77. The number of likely N-dealkylation sites (N-methyl/N-ethyl adjacent to an activating group) is 2. The summed E-state index contributed by atoms with van der Waals surface area (Å²) in [5.74, 6) is 0.884. The monoisotopic (exact) mass is 360 g/mol. The second kappa shape index (κ2) is 8.57. The molecular formula is C20H33BN2O3. The molecule has 1 aliphatic heterocycles. The zero-order valence-corrected chi connectivity index (χ0v) is 17.3. The van der Waals surface area contributed by atoms with Crippen molar-refractivity contribution in [2.24, 2.45) is 0 Å². The Morgan fingerprint density at radius 2 is 1.69 bits per heavy atom. The van der Waals surface area contributed by atoms with Gasteiger partial charge in [0, 0.05) is 13.1 Å². The summed E-state index contributed by atoms with van der Waals surface area (Å²) in [5, 5.41) is 3.21. The van der Waals surface area contributed by atoms with Crippen LogP contribution in [0.1, 0.15) is 33.3 Å². The molecule has 0 spiro atoms. The molecule has 1 fully saturated rings. The van der Waals surface area contributed by atoms with Crippen LogP contribution in [0.25, 0.3) is 6.08 Å². The van der Waals surface area contributed by atoms with Crippen LogP contribution in [-0.4, -0.2) is 64.1 Å². The Morgan fingerprint density at radius 1 is 1.12 bits per heavy atom. The molecule has 0 atom stereocenters. The molecule has 1 aromatic carbocycles. The smallest absolute Gasteiger partial charge is 0.491 e. The number of hydrogen-bond acceptors (Lipinski definition) is 5. The van der Waals surface area contributed by atoms with Gasteiger partial charge in [0.05, 0.1) is 11.2 Å². The molecule has 2 rings (SSSR count). The number of benzene rings is 1. The van der Waals surface area contributed by atoms with E-state index in [1.165, 1.54) is 0 Å². The van der Waals surface area contributed by atoms with Crippen molar-refractivity contribution >= 4 is 13.2 Å². The topological polar surface area (TPSA) is 43.0 Å². The van der Waals surface area contributed by atoms with Gasteiger partial charge in [0.15, 0.2) is 0 Å². The molecule has 5 nitrogen and oxygen atoms in total. The van der Waals surface area contributed by atoms with Crippen molar-refractivity contribution in [3.05, 3.63) is 35.3 Å². The summed E-state index contributed by atoms with van der Waals surface area (Å²) < 4.78 is 18.1. The van der Waals surface area contributed by atoms with Crippen molar-refractivity contribution in [2.75, 3.05) is 40.8 Å². The lowest BCUT2D eigenvalue weighted by Gasteiger charge is -2.32. The normalized spacial score (nSPS) is 19.2. The van der Waals surface area contributed by atoms with Crippen LogP contribution in [0.15, 0.2) is 29.7 Å². The molecule has 1 aliphatic rings. The van der Waals surface area contributed by atoms with Crippen LogP contribution in [0.5, 0.6) is 5.75 Å². The second-order valence-corrected chi connectivity index (χ2v) is 8.06. The summed E-state index contributed by atoms with van der Waals surface area (Å²) in [6.45, 7) is 10.6. The number of nitrogens with zero attached hydrogens (tertiary/aromatic N) is 1. The predicted octanol–water partition coefficient (Wildman–Crippen LogP) is 2.86. The van der Waals surface area contributed by atoms with Gasteiger partial charge in [-0.3, -0.25) is 0 Å². The van der Waals surface area contributed by atoms with Crippen LogP contribution in [0.4, 0.5) is 0 Å². The van der Waals surface area contributed by atoms with E-state index < -0.39 is 0 Å². The minimum Gasteiger partial charge on any atom is -0.492 e. The van der Waals surface area contributed by atoms with Gasteiger partial charge in [-0.25, -0.2) is 0 Å². The maximum Gasteiger partial charge on any atom is 0.491 e. The number of hydrogen-bond donors (Lipinski definition) is 1. The molecule has 6 heteroatoms. The molecule has 0 saturated carbocycles. The van der Waals surface area contributed by atoms with E-state index in [1.54, 1.807) is 0 Å². The summed E-state index contributed by atoms with van der Waals surface area (Å²) in [4.78, 5) is 2.10. The summed E-state index contributed by atoms with van der Waals surface area (Å²) in [7, 11) is 5.66. The molecule has 1 heterocycles. The van der Waals surface area contributed by atoms with E-state index in [0.29, 0.717) is 13.2 Å². The van der Waals surface area contributed by atoms with Crippen LogP contribution in [0.3, 0.4) is 0 Å². The molecule has 0 aliphatic carbocycles. The average Bonchev–Trinajstić information content (AvgIpc) is 2.76. The molecule has 26 heavy (non-hydrogen) atoms. The van der Waals surface area contributed by atoms with E-state index in [1.807, 2.05) is 33.3 Å². The zero-order chi connectivity index (χ0) is 19.4. The molecule has 0 unspecified atom stereocenters. The van der Waals surface area contributed by atoms with Gasteiger partial charge in [-0.15, -0.1) is 0 Å². The van der Waals surface area contributed by atoms with Gasteiger partial charge in [0.25, 0.3) is 0 Å². The Morgan fingerprint density at radius 3 is 2.19 bits per heavy atom. The third-order valence-electron chi connectivity index (χ3n) is 4.98. The maximum atomic E-state index is 6.19. The highest BCUT2D eigenvalue weighted by Gasteiger charge is 2.52. The minimum atomic E-state index is -0.344. The van der Waals surface area contributed by atoms with Crippen molar-refractivity contribution in [1.82, 2.24) is 10.2 Å². The highest BCUT2D eigenvalue weighted by atomic mass is 16.7. The van der Waals surface area contributed by atoms with Gasteiger partial charge in [-0.1, -0.05) is 18.2 Å². The van der Waals surface area contributed by atoms with Crippen LogP contribution in [0.2, 0.25) is 0 Å². The first-order chi connectivity index (χ1) is 12.1.